The number of halogens is 1. The molecule has 4 aromatic rings. The lowest BCUT2D eigenvalue weighted by atomic mass is 10.3. The first kappa shape index (κ1) is 20.7. The fourth-order valence-corrected chi connectivity index (χ4v) is 8.12. The number of nitro benzene ring substituents is 1. The van der Waals surface area contributed by atoms with E-state index in [0.29, 0.717) is 0 Å². The van der Waals surface area contributed by atoms with Crippen molar-refractivity contribution in [1.82, 2.24) is 0 Å². The molecule has 4 rings (SSSR count). The number of hydrogen-bond acceptors (Lipinski definition) is 2. The first-order chi connectivity index (χ1) is 13.7. The minimum Gasteiger partial charge on any atom is -1.00 e. The van der Waals surface area contributed by atoms with Crippen LogP contribution in [0.15, 0.2) is 115 Å². The Hall–Kier alpha value is -3.00. The molecule has 0 unspecified atom stereocenters. The van der Waals surface area contributed by atoms with Gasteiger partial charge in [0.05, 0.1) is 4.92 Å². The van der Waals surface area contributed by atoms with E-state index in [1.807, 2.05) is 66.7 Å². The number of nitrogens with zero attached hydrogens (tertiary/aromatic N) is 1. The summed E-state index contributed by atoms with van der Waals surface area (Å²) >= 11 is 0. The highest BCUT2D eigenvalue weighted by Crippen LogP contribution is 2.55. The first-order valence-corrected chi connectivity index (χ1v) is 10.8. The third-order valence-electron chi connectivity index (χ3n) is 4.87. The Morgan fingerprint density at radius 2 is 0.897 bits per heavy atom. The van der Waals surface area contributed by atoms with E-state index in [9.17, 15) is 10.1 Å². The molecular formula is C24H19ClNO2P. The van der Waals surface area contributed by atoms with Gasteiger partial charge in [-0.3, -0.25) is 10.1 Å². The van der Waals surface area contributed by atoms with Crippen LogP contribution in [0.4, 0.5) is 5.69 Å². The van der Waals surface area contributed by atoms with E-state index in [1.165, 1.54) is 0 Å². The minimum atomic E-state index is -2.44. The van der Waals surface area contributed by atoms with Crippen LogP contribution in [0.5, 0.6) is 0 Å². The van der Waals surface area contributed by atoms with Gasteiger partial charge in [0.2, 0.25) is 0 Å². The lowest BCUT2D eigenvalue weighted by Gasteiger charge is -2.27. The molecule has 0 bridgehead atoms. The van der Waals surface area contributed by atoms with Gasteiger partial charge in [0, 0.05) is 6.07 Å². The summed E-state index contributed by atoms with van der Waals surface area (Å²) in [5.41, 5.74) is 0.160. The zero-order chi connectivity index (χ0) is 19.4. The molecule has 144 valence electrons. The Balaban J connectivity index is 0.00000240. The van der Waals surface area contributed by atoms with Crippen LogP contribution in [-0.4, -0.2) is 4.92 Å². The van der Waals surface area contributed by atoms with Crippen LogP contribution in [0, 0.1) is 10.1 Å². The van der Waals surface area contributed by atoms with Gasteiger partial charge in [-0.1, -0.05) is 66.7 Å². The minimum absolute atomic E-state index is 0. The summed E-state index contributed by atoms with van der Waals surface area (Å²) in [7, 11) is -2.44. The first-order valence-electron chi connectivity index (χ1n) is 9.04. The molecule has 4 aromatic carbocycles. The zero-order valence-electron chi connectivity index (χ0n) is 15.6. The van der Waals surface area contributed by atoms with Crippen molar-refractivity contribution in [3.05, 3.63) is 125 Å². The maximum atomic E-state index is 12.0. The van der Waals surface area contributed by atoms with Crippen LogP contribution in [0.2, 0.25) is 0 Å². The van der Waals surface area contributed by atoms with Gasteiger partial charge in [-0.25, -0.2) is 0 Å². The van der Waals surface area contributed by atoms with E-state index in [1.54, 1.807) is 12.1 Å². The van der Waals surface area contributed by atoms with Gasteiger partial charge >= 0.3 is 5.69 Å². The van der Waals surface area contributed by atoms with Crippen molar-refractivity contribution in [2.75, 3.05) is 0 Å². The smallest absolute Gasteiger partial charge is 0.312 e. The maximum absolute atomic E-state index is 12.0. The fraction of sp³-hybridized carbons (Fsp3) is 0. The summed E-state index contributed by atoms with van der Waals surface area (Å²) in [5, 5.41) is 16.0. The lowest BCUT2D eigenvalue weighted by Crippen LogP contribution is -3.00. The van der Waals surface area contributed by atoms with Crippen molar-refractivity contribution in [2.24, 2.45) is 0 Å². The van der Waals surface area contributed by atoms with Gasteiger partial charge in [-0.05, 0) is 42.5 Å². The van der Waals surface area contributed by atoms with Crippen LogP contribution in [-0.2, 0) is 0 Å². The predicted molar refractivity (Wildman–Crippen MR) is 118 cm³/mol. The van der Waals surface area contributed by atoms with Gasteiger partial charge < -0.3 is 12.4 Å². The normalized spacial score (nSPS) is 10.8. The second kappa shape index (κ2) is 9.00. The summed E-state index contributed by atoms with van der Waals surface area (Å²) in [5.74, 6) is 0. The maximum Gasteiger partial charge on any atom is 0.312 e. The number of nitro groups is 1. The Bertz CT molecular complexity index is 993. The fourth-order valence-electron chi connectivity index (χ4n) is 3.72. The molecule has 0 fully saturated rings. The van der Waals surface area contributed by atoms with Gasteiger partial charge in [0.25, 0.3) is 0 Å². The molecule has 0 aliphatic carbocycles. The average molecular weight is 420 g/mol. The van der Waals surface area contributed by atoms with Crippen LogP contribution < -0.4 is 33.6 Å². The molecule has 0 saturated heterocycles. The molecule has 3 nitrogen and oxygen atoms in total. The SMILES string of the molecule is O=[N+]([O-])c1ccccc1[P+](c1ccccc1)(c1ccccc1)c1ccccc1.[Cl-]. The van der Waals surface area contributed by atoms with Crippen molar-refractivity contribution in [2.45, 2.75) is 0 Å². The van der Waals surface area contributed by atoms with Crippen molar-refractivity contribution < 1.29 is 17.3 Å². The molecule has 0 atom stereocenters. The van der Waals surface area contributed by atoms with Crippen molar-refractivity contribution in [1.29, 1.82) is 0 Å². The number of benzene rings is 4. The molecule has 0 radical (unpaired) electrons. The van der Waals surface area contributed by atoms with E-state index in [4.69, 9.17) is 0 Å². The van der Waals surface area contributed by atoms with Gasteiger partial charge in [0.15, 0.2) is 12.6 Å². The van der Waals surface area contributed by atoms with Crippen LogP contribution >= 0.6 is 7.26 Å². The molecule has 29 heavy (non-hydrogen) atoms. The Labute approximate surface area is 176 Å². The topological polar surface area (TPSA) is 43.1 Å². The second-order valence-electron chi connectivity index (χ2n) is 6.42. The summed E-state index contributed by atoms with van der Waals surface area (Å²) < 4.78 is 0. The van der Waals surface area contributed by atoms with Crippen molar-refractivity contribution in [3.63, 3.8) is 0 Å². The zero-order valence-corrected chi connectivity index (χ0v) is 17.2. The highest BCUT2D eigenvalue weighted by Gasteiger charge is 2.51. The van der Waals surface area contributed by atoms with Crippen molar-refractivity contribution >= 4 is 34.2 Å². The molecule has 0 heterocycles. The van der Waals surface area contributed by atoms with Crippen LogP contribution in [0.3, 0.4) is 0 Å². The lowest BCUT2D eigenvalue weighted by molar-refractivity contribution is -0.383. The van der Waals surface area contributed by atoms with Crippen LogP contribution in [0.1, 0.15) is 0 Å². The molecular weight excluding hydrogens is 401 g/mol. The third-order valence-corrected chi connectivity index (χ3v) is 9.19. The second-order valence-corrected chi connectivity index (χ2v) is 9.80. The summed E-state index contributed by atoms with van der Waals surface area (Å²) in [6, 6.07) is 37.6. The number of hydrogen-bond donors (Lipinski definition) is 0. The molecule has 0 spiro atoms. The molecule has 0 N–H and O–H groups in total. The summed E-state index contributed by atoms with van der Waals surface area (Å²) in [4.78, 5) is 11.7. The van der Waals surface area contributed by atoms with Gasteiger partial charge in [0.1, 0.15) is 15.9 Å². The summed E-state index contributed by atoms with van der Waals surface area (Å²) in [6.07, 6.45) is 0. The van der Waals surface area contributed by atoms with Crippen molar-refractivity contribution in [3.8, 4) is 0 Å². The molecule has 0 aliphatic heterocycles. The molecule has 5 heteroatoms. The average Bonchev–Trinajstić information content (AvgIpc) is 2.77. The Morgan fingerprint density at radius 1 is 0.552 bits per heavy atom. The van der Waals surface area contributed by atoms with E-state index in [0.717, 1.165) is 21.2 Å². The molecule has 0 saturated carbocycles. The van der Waals surface area contributed by atoms with E-state index < -0.39 is 7.26 Å². The van der Waals surface area contributed by atoms with E-state index >= 15 is 0 Å². The number of rotatable bonds is 5. The highest BCUT2D eigenvalue weighted by molar-refractivity contribution is 8.01. The Kier molecular flexibility index (Phi) is 6.43. The summed E-state index contributed by atoms with van der Waals surface area (Å²) in [6.45, 7) is 0. The number of para-hydroxylation sites is 1. The van der Waals surface area contributed by atoms with Gasteiger partial charge in [-0.15, -0.1) is 0 Å². The molecule has 0 aliphatic rings. The Morgan fingerprint density at radius 3 is 1.28 bits per heavy atom. The van der Waals surface area contributed by atoms with Crippen LogP contribution in [0.25, 0.3) is 0 Å². The third kappa shape index (κ3) is 3.67. The standard InChI is InChI=1S/C24H19NO2P.ClH/c26-25(27)23-18-10-11-19-24(23)28(20-12-4-1-5-13-20,21-14-6-2-7-15-21)22-16-8-3-9-17-22;/h1-19H;1H/q+1;/p-1. The van der Waals surface area contributed by atoms with E-state index in [2.05, 4.69) is 36.4 Å². The van der Waals surface area contributed by atoms with E-state index in [-0.39, 0.29) is 23.0 Å². The van der Waals surface area contributed by atoms with Gasteiger partial charge in [-0.2, -0.15) is 0 Å². The largest absolute Gasteiger partial charge is 1.00 e. The highest BCUT2D eigenvalue weighted by atomic mass is 35.5. The monoisotopic (exact) mass is 419 g/mol. The molecule has 0 amide bonds. The quantitative estimate of drug-likeness (QED) is 0.277. The predicted octanol–water partition coefficient (Wildman–Crippen LogP) is 1.22. The molecule has 0 aromatic heterocycles.